The summed E-state index contributed by atoms with van der Waals surface area (Å²) in [6.07, 6.45) is -0.236. The van der Waals surface area contributed by atoms with Crippen molar-refractivity contribution in [2.45, 2.75) is 0 Å². The molecule has 0 fully saturated rings. The van der Waals surface area contributed by atoms with E-state index in [9.17, 15) is 34.5 Å². The Kier molecular flexibility index (Phi) is 5.48. The molecule has 182 valence electrons. The first-order chi connectivity index (χ1) is 17.8. The Balaban J connectivity index is 1.89. The first-order valence-electron chi connectivity index (χ1n) is 10.6. The van der Waals surface area contributed by atoms with Gasteiger partial charge in [0.15, 0.2) is 11.6 Å². The maximum Gasteiger partial charge on any atom is 0.432 e. The number of benzene rings is 2. The molecule has 12 heteroatoms. The molecule has 2 aromatic heterocycles. The van der Waals surface area contributed by atoms with Crippen molar-refractivity contribution in [2.24, 2.45) is 0 Å². The van der Waals surface area contributed by atoms with Crippen molar-refractivity contribution >= 4 is 52.6 Å². The zero-order valence-corrected chi connectivity index (χ0v) is 18.6. The van der Waals surface area contributed by atoms with Crippen molar-refractivity contribution in [3.05, 3.63) is 83.9 Å². The average Bonchev–Trinajstić information content (AvgIpc) is 3.26. The first kappa shape index (κ1) is 23.0. The molecule has 0 aliphatic carbocycles. The molecule has 0 atom stereocenters. The van der Waals surface area contributed by atoms with E-state index < -0.39 is 24.0 Å². The summed E-state index contributed by atoms with van der Waals surface area (Å²) >= 11 is 0. The minimum absolute atomic E-state index is 0.0182. The number of hydrogen-bond donors (Lipinski definition) is 3. The van der Waals surface area contributed by atoms with Gasteiger partial charge in [0.05, 0.1) is 22.6 Å². The van der Waals surface area contributed by atoms with Crippen LogP contribution in [-0.2, 0) is 4.79 Å². The van der Waals surface area contributed by atoms with Crippen LogP contribution in [-0.4, -0.2) is 54.3 Å². The Morgan fingerprint density at radius 1 is 0.838 bits per heavy atom. The lowest BCUT2D eigenvalue weighted by molar-refractivity contribution is 0.194. The van der Waals surface area contributed by atoms with Gasteiger partial charge < -0.3 is 15.3 Å². The molecule has 5 rings (SSSR count). The molecule has 0 saturated carbocycles. The van der Waals surface area contributed by atoms with Crippen molar-refractivity contribution in [1.29, 1.82) is 0 Å². The first-order valence-corrected chi connectivity index (χ1v) is 10.6. The standard InChI is InChI=1S/C25H15N5O7/c31-13-21-18(10-14-4-2-1-3-5-14)28(23(32)33)19-11-16-17(12-20(19)29(21)24(34)35)30(25(36)37)27-22(16)15-6-8-26-9-7-15/h1-12H,(H,32,33)(H,34,35)(H,36,37)/b18-10+. The Bertz CT molecular complexity index is 1670. The zero-order valence-electron chi connectivity index (χ0n) is 18.6. The largest absolute Gasteiger partial charge is 0.464 e. The number of carboxylic acid groups (broad SMARTS) is 3. The van der Waals surface area contributed by atoms with Gasteiger partial charge in [-0.05, 0) is 35.9 Å². The van der Waals surface area contributed by atoms with Crippen LogP contribution in [0.25, 0.3) is 28.2 Å². The second kappa shape index (κ2) is 8.80. The Morgan fingerprint density at radius 3 is 2.08 bits per heavy atom. The lowest BCUT2D eigenvalue weighted by atomic mass is 10.0. The molecule has 0 bridgehead atoms. The third kappa shape index (κ3) is 3.75. The summed E-state index contributed by atoms with van der Waals surface area (Å²) in [6, 6.07) is 14.1. The third-order valence-corrected chi connectivity index (χ3v) is 5.68. The smallest absolute Gasteiger partial charge is 0.432 e. The van der Waals surface area contributed by atoms with E-state index in [1.807, 2.05) is 0 Å². The molecular weight excluding hydrogens is 482 g/mol. The fraction of sp³-hybridized carbons (Fsp3) is 0. The molecule has 37 heavy (non-hydrogen) atoms. The number of fused-ring (bicyclic) bond motifs is 2. The van der Waals surface area contributed by atoms with Gasteiger partial charge in [-0.2, -0.15) is 9.78 Å². The van der Waals surface area contributed by atoms with Crippen molar-refractivity contribution in [3.63, 3.8) is 0 Å². The number of aromatic nitrogens is 3. The van der Waals surface area contributed by atoms with E-state index in [1.165, 1.54) is 24.5 Å². The fourth-order valence-electron chi connectivity index (χ4n) is 4.18. The van der Waals surface area contributed by atoms with E-state index >= 15 is 0 Å². The van der Waals surface area contributed by atoms with E-state index in [4.69, 9.17) is 0 Å². The lowest BCUT2D eigenvalue weighted by Gasteiger charge is -2.35. The monoisotopic (exact) mass is 497 g/mol. The molecule has 2 amide bonds. The minimum atomic E-state index is -1.60. The maximum absolute atomic E-state index is 12.5. The molecule has 3 heterocycles. The molecule has 4 aromatic rings. The predicted octanol–water partition coefficient (Wildman–Crippen LogP) is 4.36. The van der Waals surface area contributed by atoms with Gasteiger partial charge in [0.1, 0.15) is 5.69 Å². The van der Waals surface area contributed by atoms with Crippen LogP contribution >= 0.6 is 0 Å². The van der Waals surface area contributed by atoms with Crippen LogP contribution in [0.5, 0.6) is 0 Å². The van der Waals surface area contributed by atoms with E-state index in [2.05, 4.69) is 10.1 Å². The van der Waals surface area contributed by atoms with Gasteiger partial charge in [0, 0.05) is 23.3 Å². The van der Waals surface area contributed by atoms with Crippen LogP contribution in [0.2, 0.25) is 0 Å². The van der Waals surface area contributed by atoms with E-state index in [1.54, 1.807) is 48.4 Å². The van der Waals surface area contributed by atoms with Gasteiger partial charge in [0.2, 0.25) is 0 Å². The molecule has 12 nitrogen and oxygen atoms in total. The van der Waals surface area contributed by atoms with Crippen molar-refractivity contribution in [1.82, 2.24) is 14.8 Å². The van der Waals surface area contributed by atoms with Crippen LogP contribution in [0, 0.1) is 0 Å². The Morgan fingerprint density at radius 2 is 1.49 bits per heavy atom. The zero-order chi connectivity index (χ0) is 26.3. The van der Waals surface area contributed by atoms with Crippen LogP contribution in [0.4, 0.5) is 25.8 Å². The second-order valence-corrected chi connectivity index (χ2v) is 7.76. The summed E-state index contributed by atoms with van der Waals surface area (Å²) < 4.78 is 0.649. The molecule has 0 spiro atoms. The maximum atomic E-state index is 12.5. The van der Waals surface area contributed by atoms with E-state index in [0.29, 0.717) is 20.7 Å². The molecule has 0 unspecified atom stereocenters. The molecule has 1 aliphatic heterocycles. The summed E-state index contributed by atoms with van der Waals surface area (Å²) in [5.74, 6) is 1.54. The summed E-state index contributed by atoms with van der Waals surface area (Å²) in [5.41, 5.74) is -0.0156. The van der Waals surface area contributed by atoms with Crippen molar-refractivity contribution in [2.75, 3.05) is 9.80 Å². The molecule has 3 N–H and O–H groups in total. The summed E-state index contributed by atoms with van der Waals surface area (Å²) in [7, 11) is 0. The SMILES string of the molecule is O=C=C1/C(=C\c2ccccc2)N(C(=O)O)c2cc3c(-c4ccncc4)nn(C(=O)O)c3cc2N1C(=O)O. The number of hydrogen-bond acceptors (Lipinski definition) is 6. The number of pyridine rings is 1. The van der Waals surface area contributed by atoms with Gasteiger partial charge >= 0.3 is 18.3 Å². The van der Waals surface area contributed by atoms with Gasteiger partial charge in [-0.1, -0.05) is 30.3 Å². The Labute approximate surface area is 207 Å². The molecular formula is C25H15N5O7. The number of rotatable bonds is 2. The number of carbonyl (C=O) groups is 3. The Hall–Kier alpha value is -5.74. The van der Waals surface area contributed by atoms with Gasteiger partial charge in [0.25, 0.3) is 0 Å². The van der Waals surface area contributed by atoms with Crippen LogP contribution in [0.1, 0.15) is 5.56 Å². The predicted molar refractivity (Wildman–Crippen MR) is 131 cm³/mol. The number of amides is 2. The third-order valence-electron chi connectivity index (χ3n) is 5.68. The lowest BCUT2D eigenvalue weighted by Crippen LogP contribution is -2.42. The highest BCUT2D eigenvalue weighted by atomic mass is 16.4. The topological polar surface area (TPSA) is 166 Å². The number of carbonyl (C=O) groups excluding carboxylic acids is 1. The second-order valence-electron chi connectivity index (χ2n) is 7.76. The molecule has 2 aromatic carbocycles. The van der Waals surface area contributed by atoms with E-state index in [0.717, 1.165) is 11.0 Å². The van der Waals surface area contributed by atoms with Crippen molar-refractivity contribution < 1.29 is 34.5 Å². The van der Waals surface area contributed by atoms with Gasteiger partial charge in [-0.15, -0.1) is 0 Å². The minimum Gasteiger partial charge on any atom is -0.464 e. The van der Waals surface area contributed by atoms with Crippen LogP contribution < -0.4 is 9.80 Å². The highest BCUT2D eigenvalue weighted by molar-refractivity contribution is 6.13. The number of nitrogens with zero attached hydrogens (tertiary/aromatic N) is 5. The van der Waals surface area contributed by atoms with E-state index in [-0.39, 0.29) is 33.7 Å². The van der Waals surface area contributed by atoms with Crippen LogP contribution in [0.3, 0.4) is 0 Å². The van der Waals surface area contributed by atoms with Gasteiger partial charge in [-0.3, -0.25) is 4.98 Å². The molecule has 0 radical (unpaired) electrons. The number of anilines is 2. The highest BCUT2D eigenvalue weighted by Crippen LogP contribution is 2.45. The van der Waals surface area contributed by atoms with Crippen molar-refractivity contribution in [3.8, 4) is 11.3 Å². The normalized spacial score (nSPS) is 13.9. The highest BCUT2D eigenvalue weighted by Gasteiger charge is 2.40. The van der Waals surface area contributed by atoms with Gasteiger partial charge in [-0.25, -0.2) is 29.0 Å². The summed E-state index contributed by atoms with van der Waals surface area (Å²) in [6.45, 7) is 0. The summed E-state index contributed by atoms with van der Waals surface area (Å²) in [4.78, 5) is 54.1. The average molecular weight is 497 g/mol. The molecule has 1 aliphatic rings. The molecule has 0 saturated heterocycles. The van der Waals surface area contributed by atoms with Crippen LogP contribution in [0.15, 0.2) is 78.4 Å². The fourth-order valence-corrected chi connectivity index (χ4v) is 4.18. The quantitative estimate of drug-likeness (QED) is 0.341. The summed E-state index contributed by atoms with van der Waals surface area (Å²) in [5, 5.41) is 34.3.